The molecule has 2 rings (SSSR count). The highest BCUT2D eigenvalue weighted by atomic mass is 79.9. The van der Waals surface area contributed by atoms with Crippen LogP contribution in [0.5, 0.6) is 5.75 Å². The average Bonchev–Trinajstić information content (AvgIpc) is 2.46. The normalized spacial score (nSPS) is 22.6. The molecule has 1 aromatic rings. The van der Waals surface area contributed by atoms with Gasteiger partial charge in [-0.15, -0.1) is 0 Å². The van der Waals surface area contributed by atoms with E-state index in [-0.39, 0.29) is 5.92 Å². The first-order chi connectivity index (χ1) is 9.61. The lowest BCUT2D eigenvalue weighted by Gasteiger charge is -2.25. The van der Waals surface area contributed by atoms with E-state index in [0.717, 1.165) is 41.0 Å². The van der Waals surface area contributed by atoms with Gasteiger partial charge in [0.2, 0.25) is 0 Å². The highest BCUT2D eigenvalue weighted by Crippen LogP contribution is 2.32. The van der Waals surface area contributed by atoms with Gasteiger partial charge in [0.1, 0.15) is 5.75 Å². The number of hydrogen-bond donors (Lipinski definition) is 0. The van der Waals surface area contributed by atoms with Gasteiger partial charge in [0.05, 0.1) is 11.1 Å². The molecule has 2 nitrogen and oxygen atoms in total. The molecular weight excluding hydrogens is 316 g/mol. The summed E-state index contributed by atoms with van der Waals surface area (Å²) < 4.78 is 6.50. The van der Waals surface area contributed by atoms with Crippen LogP contribution in [-0.2, 0) is 0 Å². The number of carbonyl (C=O) groups excluding carboxylic acids is 1. The fourth-order valence-corrected chi connectivity index (χ4v) is 3.23. The molecule has 0 spiro atoms. The van der Waals surface area contributed by atoms with Crippen LogP contribution in [0.1, 0.15) is 56.3 Å². The molecular formula is C17H23BrO2. The lowest BCUT2D eigenvalue weighted by molar-refractivity contribution is 0.0875. The van der Waals surface area contributed by atoms with Gasteiger partial charge in [-0.2, -0.15) is 0 Å². The lowest BCUT2D eigenvalue weighted by Crippen LogP contribution is -2.21. The van der Waals surface area contributed by atoms with E-state index >= 15 is 0 Å². The van der Waals surface area contributed by atoms with Crippen LogP contribution in [0.15, 0.2) is 22.7 Å². The Labute approximate surface area is 130 Å². The van der Waals surface area contributed by atoms with Crippen LogP contribution in [0.3, 0.4) is 0 Å². The number of Topliss-reactive ketones (excluding diaryl/α,β-unsaturated/α-hetero) is 1. The van der Waals surface area contributed by atoms with Crippen molar-refractivity contribution in [3.63, 3.8) is 0 Å². The maximum atomic E-state index is 12.5. The molecule has 1 saturated carbocycles. The van der Waals surface area contributed by atoms with Crippen molar-refractivity contribution in [2.24, 2.45) is 11.8 Å². The second-order valence-corrected chi connectivity index (χ2v) is 6.67. The van der Waals surface area contributed by atoms with E-state index in [1.54, 1.807) is 0 Å². The summed E-state index contributed by atoms with van der Waals surface area (Å²) in [6.07, 6.45) is 5.40. The number of rotatable bonds is 5. The molecule has 0 unspecified atom stereocenters. The van der Waals surface area contributed by atoms with Gasteiger partial charge in [0, 0.05) is 11.5 Å². The van der Waals surface area contributed by atoms with Crippen LogP contribution in [0, 0.1) is 11.8 Å². The molecule has 0 aromatic heterocycles. The van der Waals surface area contributed by atoms with Crippen LogP contribution in [-0.4, -0.2) is 12.4 Å². The highest BCUT2D eigenvalue weighted by Gasteiger charge is 2.25. The van der Waals surface area contributed by atoms with Gasteiger partial charge in [-0.25, -0.2) is 0 Å². The molecule has 0 atom stereocenters. The van der Waals surface area contributed by atoms with Crippen LogP contribution >= 0.6 is 15.9 Å². The smallest absolute Gasteiger partial charge is 0.165 e. The zero-order chi connectivity index (χ0) is 14.5. The van der Waals surface area contributed by atoms with E-state index in [1.165, 1.54) is 12.8 Å². The van der Waals surface area contributed by atoms with Crippen molar-refractivity contribution in [1.29, 1.82) is 0 Å². The first-order valence-corrected chi connectivity index (χ1v) is 8.37. The Balaban J connectivity index is 2.05. The van der Waals surface area contributed by atoms with Gasteiger partial charge in [-0.3, -0.25) is 4.79 Å². The Hall–Kier alpha value is -0.830. The average molecular weight is 339 g/mol. The third-order valence-electron chi connectivity index (χ3n) is 4.06. The Morgan fingerprint density at radius 1 is 1.30 bits per heavy atom. The molecule has 0 saturated heterocycles. The summed E-state index contributed by atoms with van der Waals surface area (Å²) in [5.74, 6) is 2.09. The molecule has 0 heterocycles. The van der Waals surface area contributed by atoms with Gasteiger partial charge in [-0.05, 0) is 59.3 Å². The van der Waals surface area contributed by atoms with Crippen molar-refractivity contribution >= 4 is 21.7 Å². The first kappa shape index (κ1) is 15.6. The van der Waals surface area contributed by atoms with E-state index in [9.17, 15) is 4.79 Å². The Morgan fingerprint density at radius 2 is 2.00 bits per heavy atom. The van der Waals surface area contributed by atoms with Crippen molar-refractivity contribution in [3.05, 3.63) is 28.2 Å². The molecule has 20 heavy (non-hydrogen) atoms. The second-order valence-electron chi connectivity index (χ2n) is 5.81. The van der Waals surface area contributed by atoms with Gasteiger partial charge >= 0.3 is 0 Å². The minimum Gasteiger partial charge on any atom is -0.492 e. The number of benzene rings is 1. The summed E-state index contributed by atoms with van der Waals surface area (Å²) in [5.41, 5.74) is 0.806. The predicted octanol–water partition coefficient (Wildman–Crippen LogP) is 5.25. The topological polar surface area (TPSA) is 26.3 Å². The fraction of sp³-hybridized carbons (Fsp3) is 0.588. The zero-order valence-electron chi connectivity index (χ0n) is 12.3. The summed E-state index contributed by atoms with van der Waals surface area (Å²) in [6.45, 7) is 5.05. The van der Waals surface area contributed by atoms with Crippen molar-refractivity contribution in [3.8, 4) is 5.75 Å². The molecule has 1 aromatic carbocycles. The van der Waals surface area contributed by atoms with Gasteiger partial charge < -0.3 is 4.74 Å². The summed E-state index contributed by atoms with van der Waals surface area (Å²) in [4.78, 5) is 12.5. The molecule has 0 aliphatic heterocycles. The molecule has 1 aliphatic rings. The van der Waals surface area contributed by atoms with Gasteiger partial charge in [0.15, 0.2) is 5.78 Å². The fourth-order valence-electron chi connectivity index (χ4n) is 2.74. The minimum atomic E-state index is 0.209. The van der Waals surface area contributed by atoms with Gasteiger partial charge in [0.25, 0.3) is 0 Å². The van der Waals surface area contributed by atoms with E-state index < -0.39 is 0 Å². The quantitative estimate of drug-likeness (QED) is 0.685. The van der Waals surface area contributed by atoms with E-state index in [0.29, 0.717) is 12.4 Å². The Bertz CT molecular complexity index is 462. The molecule has 1 aliphatic carbocycles. The van der Waals surface area contributed by atoms with Crippen molar-refractivity contribution in [2.75, 3.05) is 6.61 Å². The standard InChI is InChI=1S/C17H23BrO2/c1-3-10-20-16-9-8-14(11-15(16)18)17(19)13-6-4-12(2)5-7-13/h8-9,11-13H,3-7,10H2,1-2H3. The van der Waals surface area contributed by atoms with E-state index in [1.807, 2.05) is 18.2 Å². The monoisotopic (exact) mass is 338 g/mol. The third-order valence-corrected chi connectivity index (χ3v) is 4.68. The van der Waals surface area contributed by atoms with Gasteiger partial charge in [-0.1, -0.05) is 26.7 Å². The molecule has 0 N–H and O–H groups in total. The highest BCUT2D eigenvalue weighted by molar-refractivity contribution is 9.10. The number of halogens is 1. The summed E-state index contributed by atoms with van der Waals surface area (Å²) in [5, 5.41) is 0. The zero-order valence-corrected chi connectivity index (χ0v) is 13.9. The SMILES string of the molecule is CCCOc1ccc(C(=O)C2CCC(C)CC2)cc1Br. The maximum Gasteiger partial charge on any atom is 0.165 e. The number of hydrogen-bond acceptors (Lipinski definition) is 2. The number of ether oxygens (including phenoxy) is 1. The summed E-state index contributed by atoms with van der Waals surface area (Å²) in [6, 6.07) is 5.71. The molecule has 1 fully saturated rings. The first-order valence-electron chi connectivity index (χ1n) is 7.58. The summed E-state index contributed by atoms with van der Waals surface area (Å²) >= 11 is 3.50. The lowest BCUT2D eigenvalue weighted by atomic mass is 9.79. The molecule has 0 radical (unpaired) electrons. The minimum absolute atomic E-state index is 0.209. The molecule has 0 amide bonds. The van der Waals surface area contributed by atoms with E-state index in [4.69, 9.17) is 4.74 Å². The summed E-state index contributed by atoms with van der Waals surface area (Å²) in [7, 11) is 0. The Kier molecular flexibility index (Phi) is 5.64. The predicted molar refractivity (Wildman–Crippen MR) is 85.4 cm³/mol. The van der Waals surface area contributed by atoms with Crippen molar-refractivity contribution in [1.82, 2.24) is 0 Å². The second kappa shape index (κ2) is 7.26. The Morgan fingerprint density at radius 3 is 2.60 bits per heavy atom. The third kappa shape index (κ3) is 3.85. The van der Waals surface area contributed by atoms with Crippen LogP contribution in [0.4, 0.5) is 0 Å². The van der Waals surface area contributed by atoms with Crippen LogP contribution < -0.4 is 4.74 Å². The van der Waals surface area contributed by atoms with E-state index in [2.05, 4.69) is 29.8 Å². The molecule has 0 bridgehead atoms. The maximum absolute atomic E-state index is 12.5. The van der Waals surface area contributed by atoms with Crippen molar-refractivity contribution in [2.45, 2.75) is 46.0 Å². The van der Waals surface area contributed by atoms with Crippen LogP contribution in [0.2, 0.25) is 0 Å². The number of ketones is 1. The molecule has 110 valence electrons. The van der Waals surface area contributed by atoms with Crippen LogP contribution in [0.25, 0.3) is 0 Å². The van der Waals surface area contributed by atoms with Crippen molar-refractivity contribution < 1.29 is 9.53 Å². The largest absolute Gasteiger partial charge is 0.492 e. The number of carbonyl (C=O) groups is 1. The molecule has 3 heteroatoms.